The summed E-state index contributed by atoms with van der Waals surface area (Å²) in [6.45, 7) is 10.7. The van der Waals surface area contributed by atoms with E-state index in [4.69, 9.17) is 14.7 Å². The number of amides is 1. The molecule has 0 aliphatic carbocycles. The SMILES string of the molecule is CC(C)(C)OC(=O)[C@@H]1C[C@@H](C#N)CN1C(=O)OC(C)(C)C. The molecule has 0 radical (unpaired) electrons. The lowest BCUT2D eigenvalue weighted by Crippen LogP contribution is -2.45. The fraction of sp³-hybridized carbons (Fsp3) is 0.800. The van der Waals surface area contributed by atoms with Crippen molar-refractivity contribution in [2.75, 3.05) is 6.54 Å². The molecule has 0 bridgehead atoms. The third kappa shape index (κ3) is 5.25. The molecule has 118 valence electrons. The molecule has 2 atom stereocenters. The van der Waals surface area contributed by atoms with Crippen LogP contribution in [0.4, 0.5) is 4.79 Å². The summed E-state index contributed by atoms with van der Waals surface area (Å²) in [5.74, 6) is -0.874. The van der Waals surface area contributed by atoms with E-state index >= 15 is 0 Å². The fourth-order valence-corrected chi connectivity index (χ4v) is 2.05. The van der Waals surface area contributed by atoms with E-state index in [1.807, 2.05) is 0 Å². The summed E-state index contributed by atoms with van der Waals surface area (Å²) in [6, 6.07) is 1.34. The minimum atomic E-state index is -0.760. The molecule has 1 heterocycles. The summed E-state index contributed by atoms with van der Waals surface area (Å²) in [7, 11) is 0. The maximum atomic E-state index is 12.2. The van der Waals surface area contributed by atoms with Crippen LogP contribution in [0.3, 0.4) is 0 Å². The molecule has 1 aliphatic heterocycles. The Morgan fingerprint density at radius 3 is 2.05 bits per heavy atom. The summed E-state index contributed by atoms with van der Waals surface area (Å²) in [5.41, 5.74) is -1.29. The Morgan fingerprint density at radius 1 is 1.10 bits per heavy atom. The quantitative estimate of drug-likeness (QED) is 0.694. The Balaban J connectivity index is 2.86. The highest BCUT2D eigenvalue weighted by atomic mass is 16.6. The Bertz CT molecular complexity index is 418. The standard InChI is InChI=1S/C15H24N2O4/c1-14(2,3)20-12(18)11-7-10(8-16)9-17(11)13(19)21-15(4,5)6/h10-11H,7,9H2,1-6H3/t10-,11-/m0/s1. The molecule has 1 aliphatic rings. The van der Waals surface area contributed by atoms with Crippen LogP contribution in [0.25, 0.3) is 0 Å². The second-order valence-corrected chi connectivity index (χ2v) is 7.24. The normalized spacial score (nSPS) is 22.6. The monoisotopic (exact) mass is 296 g/mol. The van der Waals surface area contributed by atoms with E-state index in [0.717, 1.165) is 0 Å². The van der Waals surface area contributed by atoms with Gasteiger partial charge in [0.25, 0.3) is 0 Å². The van der Waals surface area contributed by atoms with Gasteiger partial charge in [0.2, 0.25) is 0 Å². The number of carbonyl (C=O) groups is 2. The molecule has 6 heteroatoms. The number of carbonyl (C=O) groups excluding carboxylic acids is 2. The van der Waals surface area contributed by atoms with Crippen LogP contribution in [0.15, 0.2) is 0 Å². The zero-order valence-corrected chi connectivity index (χ0v) is 13.6. The second-order valence-electron chi connectivity index (χ2n) is 7.24. The highest BCUT2D eigenvalue weighted by Crippen LogP contribution is 2.27. The first-order chi connectivity index (χ1) is 9.43. The number of likely N-dealkylation sites (tertiary alicyclic amines) is 1. The summed E-state index contributed by atoms with van der Waals surface area (Å²) in [4.78, 5) is 25.7. The summed E-state index contributed by atoms with van der Waals surface area (Å²) < 4.78 is 10.6. The molecule has 0 aromatic carbocycles. The Morgan fingerprint density at radius 2 is 1.62 bits per heavy atom. The first kappa shape index (κ1) is 17.3. The van der Waals surface area contributed by atoms with Crippen molar-refractivity contribution >= 4 is 12.1 Å². The second kappa shape index (κ2) is 5.92. The molecule has 0 aromatic heterocycles. The zero-order valence-electron chi connectivity index (χ0n) is 13.6. The molecule has 1 saturated heterocycles. The summed E-state index contributed by atoms with van der Waals surface area (Å²) in [5, 5.41) is 9.05. The van der Waals surface area contributed by atoms with Gasteiger partial charge >= 0.3 is 12.1 Å². The number of hydrogen-bond acceptors (Lipinski definition) is 5. The highest BCUT2D eigenvalue weighted by Gasteiger charge is 2.43. The number of ether oxygens (including phenoxy) is 2. The van der Waals surface area contributed by atoms with Crippen LogP contribution in [0.5, 0.6) is 0 Å². The lowest BCUT2D eigenvalue weighted by Gasteiger charge is -2.29. The Kier molecular flexibility index (Phi) is 4.87. The van der Waals surface area contributed by atoms with E-state index in [-0.39, 0.29) is 18.9 Å². The van der Waals surface area contributed by atoms with Gasteiger partial charge in [-0.3, -0.25) is 4.90 Å². The molecule has 21 heavy (non-hydrogen) atoms. The predicted molar refractivity (Wildman–Crippen MR) is 76.3 cm³/mol. The van der Waals surface area contributed by atoms with E-state index in [1.165, 1.54) is 4.90 Å². The topological polar surface area (TPSA) is 79.6 Å². The van der Waals surface area contributed by atoms with Crippen LogP contribution in [0.1, 0.15) is 48.0 Å². The molecule has 6 nitrogen and oxygen atoms in total. The van der Waals surface area contributed by atoms with Crippen LogP contribution >= 0.6 is 0 Å². The molecular formula is C15H24N2O4. The zero-order chi connectivity index (χ0) is 16.4. The molecule has 1 amide bonds. The molecule has 0 unspecified atom stereocenters. The van der Waals surface area contributed by atoms with Crippen molar-refractivity contribution in [1.82, 2.24) is 4.90 Å². The first-order valence-corrected chi connectivity index (χ1v) is 7.05. The van der Waals surface area contributed by atoms with Crippen molar-refractivity contribution in [2.45, 2.75) is 65.2 Å². The van der Waals surface area contributed by atoms with Gasteiger partial charge in [-0.2, -0.15) is 5.26 Å². The Hall–Kier alpha value is -1.77. The third-order valence-corrected chi connectivity index (χ3v) is 2.79. The highest BCUT2D eigenvalue weighted by molar-refractivity contribution is 5.82. The van der Waals surface area contributed by atoms with Crippen molar-refractivity contribution in [3.05, 3.63) is 0 Å². The minimum Gasteiger partial charge on any atom is -0.458 e. The molecule has 1 rings (SSSR count). The first-order valence-electron chi connectivity index (χ1n) is 7.05. The number of nitrogens with zero attached hydrogens (tertiary/aromatic N) is 2. The van der Waals surface area contributed by atoms with Crippen LogP contribution in [-0.2, 0) is 14.3 Å². The maximum absolute atomic E-state index is 12.2. The van der Waals surface area contributed by atoms with Crippen molar-refractivity contribution < 1.29 is 19.1 Å². The van der Waals surface area contributed by atoms with Gasteiger partial charge in [-0.25, -0.2) is 9.59 Å². The van der Waals surface area contributed by atoms with Crippen LogP contribution < -0.4 is 0 Å². The average molecular weight is 296 g/mol. The average Bonchev–Trinajstić information content (AvgIpc) is 2.68. The largest absolute Gasteiger partial charge is 0.458 e. The van der Waals surface area contributed by atoms with Crippen molar-refractivity contribution in [3.63, 3.8) is 0 Å². The van der Waals surface area contributed by atoms with Crippen molar-refractivity contribution in [1.29, 1.82) is 5.26 Å². The fourth-order valence-electron chi connectivity index (χ4n) is 2.05. The van der Waals surface area contributed by atoms with Gasteiger partial charge in [-0.15, -0.1) is 0 Å². The Labute approximate surface area is 126 Å². The van der Waals surface area contributed by atoms with E-state index < -0.39 is 29.3 Å². The van der Waals surface area contributed by atoms with Gasteiger partial charge in [0.1, 0.15) is 17.2 Å². The molecule has 0 N–H and O–H groups in total. The summed E-state index contributed by atoms with van der Waals surface area (Å²) >= 11 is 0. The minimum absolute atomic E-state index is 0.190. The molecule has 0 aromatic rings. The lowest BCUT2D eigenvalue weighted by atomic mass is 10.1. The number of nitriles is 1. The van der Waals surface area contributed by atoms with Crippen molar-refractivity contribution in [2.24, 2.45) is 5.92 Å². The van der Waals surface area contributed by atoms with Gasteiger partial charge in [-0.1, -0.05) is 0 Å². The molecule has 0 saturated carbocycles. The van der Waals surface area contributed by atoms with Gasteiger partial charge < -0.3 is 9.47 Å². The number of rotatable bonds is 1. The van der Waals surface area contributed by atoms with E-state index in [0.29, 0.717) is 0 Å². The van der Waals surface area contributed by atoms with Gasteiger partial charge in [0.15, 0.2) is 0 Å². The molecule has 0 spiro atoms. The van der Waals surface area contributed by atoms with E-state index in [2.05, 4.69) is 6.07 Å². The molecular weight excluding hydrogens is 272 g/mol. The van der Waals surface area contributed by atoms with Gasteiger partial charge in [-0.05, 0) is 48.0 Å². The smallest absolute Gasteiger partial charge is 0.411 e. The molecule has 1 fully saturated rings. The third-order valence-electron chi connectivity index (χ3n) is 2.79. The predicted octanol–water partition coefficient (Wildman–Crippen LogP) is 2.48. The van der Waals surface area contributed by atoms with Crippen LogP contribution in [-0.4, -0.2) is 40.8 Å². The number of hydrogen-bond donors (Lipinski definition) is 0. The van der Waals surface area contributed by atoms with Crippen LogP contribution in [0, 0.1) is 17.2 Å². The van der Waals surface area contributed by atoms with E-state index in [9.17, 15) is 9.59 Å². The van der Waals surface area contributed by atoms with E-state index in [1.54, 1.807) is 41.5 Å². The van der Waals surface area contributed by atoms with Gasteiger partial charge in [0, 0.05) is 6.54 Å². The lowest BCUT2D eigenvalue weighted by molar-refractivity contribution is -0.160. The van der Waals surface area contributed by atoms with Gasteiger partial charge in [0.05, 0.1) is 12.0 Å². The summed E-state index contributed by atoms with van der Waals surface area (Å²) in [6.07, 6.45) is -0.305. The maximum Gasteiger partial charge on any atom is 0.411 e. The van der Waals surface area contributed by atoms with Crippen molar-refractivity contribution in [3.8, 4) is 6.07 Å². The number of esters is 1. The van der Waals surface area contributed by atoms with Crippen LogP contribution in [0.2, 0.25) is 0 Å².